The van der Waals surface area contributed by atoms with Gasteiger partial charge in [-0.2, -0.15) is 0 Å². The molecular formula is C20H13ClNO. The summed E-state index contributed by atoms with van der Waals surface area (Å²) in [5, 5.41) is 3.56. The van der Waals surface area contributed by atoms with Crippen LogP contribution >= 0.6 is 11.6 Å². The molecule has 1 aliphatic rings. The lowest BCUT2D eigenvalue weighted by Gasteiger charge is -2.13. The predicted molar refractivity (Wildman–Crippen MR) is 93.5 cm³/mol. The highest BCUT2D eigenvalue weighted by Gasteiger charge is 2.19. The molecule has 0 bridgehead atoms. The molecule has 4 rings (SSSR count). The Kier molecular flexibility index (Phi) is 3.40. The smallest absolute Gasteiger partial charge is 0.228 e. The Hall–Kier alpha value is -2.58. The zero-order valence-corrected chi connectivity index (χ0v) is 13.0. The summed E-state index contributed by atoms with van der Waals surface area (Å²) in [4.78, 5) is 11.6. The summed E-state index contributed by atoms with van der Waals surface area (Å²) < 4.78 is 0. The highest BCUT2D eigenvalue weighted by atomic mass is 35.5. The monoisotopic (exact) mass is 318 g/mol. The molecule has 1 N–H and O–H groups in total. The number of benzene rings is 3. The van der Waals surface area contributed by atoms with Crippen LogP contribution < -0.4 is 5.32 Å². The van der Waals surface area contributed by atoms with Crippen LogP contribution in [0.5, 0.6) is 0 Å². The molecule has 0 saturated carbocycles. The van der Waals surface area contributed by atoms with Gasteiger partial charge in [0.25, 0.3) is 0 Å². The lowest BCUT2D eigenvalue weighted by molar-refractivity contribution is -0.115. The van der Waals surface area contributed by atoms with Crippen LogP contribution in [0, 0.1) is 6.07 Å². The van der Waals surface area contributed by atoms with E-state index in [9.17, 15) is 4.79 Å². The Labute approximate surface area is 139 Å². The molecular weight excluding hydrogens is 306 g/mol. The molecule has 0 fully saturated rings. The average Bonchev–Trinajstić information content (AvgIpc) is 2.94. The van der Waals surface area contributed by atoms with Gasteiger partial charge in [-0.1, -0.05) is 54.1 Å². The predicted octanol–water partition coefficient (Wildman–Crippen LogP) is 4.97. The third kappa shape index (κ3) is 2.51. The second-order valence-corrected chi connectivity index (χ2v) is 5.96. The van der Waals surface area contributed by atoms with Crippen LogP contribution in [0.25, 0.3) is 22.3 Å². The molecule has 3 aromatic rings. The average molecular weight is 319 g/mol. The molecule has 0 spiro atoms. The minimum absolute atomic E-state index is 0.0372. The van der Waals surface area contributed by atoms with Gasteiger partial charge in [0.1, 0.15) is 0 Å². The maximum Gasteiger partial charge on any atom is 0.228 e. The molecule has 1 aliphatic heterocycles. The van der Waals surface area contributed by atoms with Gasteiger partial charge in [0.15, 0.2) is 0 Å². The molecule has 3 aromatic carbocycles. The number of hydrogen-bond donors (Lipinski definition) is 1. The van der Waals surface area contributed by atoms with Gasteiger partial charge in [0.2, 0.25) is 5.91 Å². The van der Waals surface area contributed by atoms with Crippen molar-refractivity contribution in [2.24, 2.45) is 0 Å². The largest absolute Gasteiger partial charge is 0.326 e. The molecule has 0 aliphatic carbocycles. The third-order valence-corrected chi connectivity index (χ3v) is 4.38. The van der Waals surface area contributed by atoms with E-state index in [0.29, 0.717) is 11.4 Å². The van der Waals surface area contributed by atoms with Crippen molar-refractivity contribution in [3.63, 3.8) is 0 Å². The summed E-state index contributed by atoms with van der Waals surface area (Å²) in [5.74, 6) is 0.0372. The fourth-order valence-corrected chi connectivity index (χ4v) is 3.29. The van der Waals surface area contributed by atoms with Crippen LogP contribution in [0.1, 0.15) is 5.56 Å². The van der Waals surface area contributed by atoms with Crippen LogP contribution in [0.3, 0.4) is 0 Å². The molecule has 2 nitrogen and oxygen atoms in total. The summed E-state index contributed by atoms with van der Waals surface area (Å²) >= 11 is 6.50. The van der Waals surface area contributed by atoms with E-state index in [1.165, 1.54) is 0 Å². The van der Waals surface area contributed by atoms with Crippen molar-refractivity contribution in [2.75, 3.05) is 5.32 Å². The van der Waals surface area contributed by atoms with Crippen molar-refractivity contribution in [3.05, 3.63) is 77.3 Å². The summed E-state index contributed by atoms with van der Waals surface area (Å²) in [6, 6.07) is 22.8. The van der Waals surface area contributed by atoms with Gasteiger partial charge in [-0.25, -0.2) is 0 Å². The molecule has 0 aromatic heterocycles. The number of rotatable bonds is 2. The van der Waals surface area contributed by atoms with Crippen molar-refractivity contribution >= 4 is 23.2 Å². The number of hydrogen-bond acceptors (Lipinski definition) is 1. The van der Waals surface area contributed by atoms with Crippen molar-refractivity contribution in [1.82, 2.24) is 0 Å². The van der Waals surface area contributed by atoms with Crippen LogP contribution in [0.4, 0.5) is 5.69 Å². The van der Waals surface area contributed by atoms with Crippen LogP contribution in [0.15, 0.2) is 60.7 Å². The molecule has 1 radical (unpaired) electrons. The quantitative estimate of drug-likeness (QED) is 0.710. The van der Waals surface area contributed by atoms with Gasteiger partial charge >= 0.3 is 0 Å². The Balaban J connectivity index is 1.90. The van der Waals surface area contributed by atoms with Crippen LogP contribution in [-0.2, 0) is 11.2 Å². The summed E-state index contributed by atoms with van der Waals surface area (Å²) in [6.45, 7) is 0. The number of carbonyl (C=O) groups excluding carboxylic acids is 1. The van der Waals surface area contributed by atoms with Crippen molar-refractivity contribution in [2.45, 2.75) is 6.42 Å². The minimum atomic E-state index is 0.0372. The number of fused-ring (bicyclic) bond motifs is 1. The SMILES string of the molecule is O=C1Cc2cc(-c3c(Cl)cccc3-c3cc[c]cc3)ccc2N1. The molecule has 23 heavy (non-hydrogen) atoms. The topological polar surface area (TPSA) is 29.1 Å². The Morgan fingerprint density at radius 3 is 2.65 bits per heavy atom. The Morgan fingerprint density at radius 1 is 1.00 bits per heavy atom. The minimum Gasteiger partial charge on any atom is -0.326 e. The number of carbonyl (C=O) groups is 1. The number of nitrogens with one attached hydrogen (secondary N) is 1. The van der Waals surface area contributed by atoms with E-state index in [1.807, 2.05) is 54.6 Å². The summed E-state index contributed by atoms with van der Waals surface area (Å²) in [6.07, 6.45) is 0.420. The molecule has 0 atom stereocenters. The van der Waals surface area contributed by atoms with E-state index in [-0.39, 0.29) is 5.91 Å². The Morgan fingerprint density at radius 2 is 1.83 bits per heavy atom. The van der Waals surface area contributed by atoms with E-state index < -0.39 is 0 Å². The fraction of sp³-hybridized carbons (Fsp3) is 0.0500. The van der Waals surface area contributed by atoms with Gasteiger partial charge in [-0.05, 0) is 46.5 Å². The maximum atomic E-state index is 11.6. The third-order valence-electron chi connectivity index (χ3n) is 4.06. The lowest BCUT2D eigenvalue weighted by Crippen LogP contribution is -2.03. The fourth-order valence-electron chi connectivity index (χ4n) is 3.01. The normalized spacial score (nSPS) is 12.8. The van der Waals surface area contributed by atoms with Gasteiger partial charge in [0.05, 0.1) is 6.42 Å². The number of halogens is 1. The van der Waals surface area contributed by atoms with Gasteiger partial charge < -0.3 is 5.32 Å². The maximum absolute atomic E-state index is 11.6. The first-order chi connectivity index (χ1) is 11.2. The second-order valence-electron chi connectivity index (χ2n) is 5.55. The van der Waals surface area contributed by atoms with E-state index in [2.05, 4.69) is 17.4 Å². The Bertz CT molecular complexity index is 903. The lowest BCUT2D eigenvalue weighted by atomic mass is 9.93. The second kappa shape index (κ2) is 5.56. The van der Waals surface area contributed by atoms with Crippen molar-refractivity contribution in [3.8, 4) is 22.3 Å². The summed E-state index contributed by atoms with van der Waals surface area (Å²) in [7, 11) is 0. The van der Waals surface area contributed by atoms with Crippen LogP contribution in [-0.4, -0.2) is 5.91 Å². The zero-order chi connectivity index (χ0) is 15.8. The molecule has 1 amide bonds. The first-order valence-electron chi connectivity index (χ1n) is 7.40. The number of anilines is 1. The first kappa shape index (κ1) is 14.0. The number of amides is 1. The zero-order valence-electron chi connectivity index (χ0n) is 12.3. The summed E-state index contributed by atoms with van der Waals surface area (Å²) in [5.41, 5.74) is 6.08. The molecule has 3 heteroatoms. The van der Waals surface area contributed by atoms with Gasteiger partial charge in [0, 0.05) is 16.3 Å². The highest BCUT2D eigenvalue weighted by Crippen LogP contribution is 2.39. The van der Waals surface area contributed by atoms with E-state index >= 15 is 0 Å². The van der Waals surface area contributed by atoms with Crippen LogP contribution in [0.2, 0.25) is 5.02 Å². The molecule has 111 valence electrons. The molecule has 1 heterocycles. The van der Waals surface area contributed by atoms with Gasteiger partial charge in [-0.15, -0.1) is 0 Å². The first-order valence-corrected chi connectivity index (χ1v) is 7.78. The van der Waals surface area contributed by atoms with E-state index in [4.69, 9.17) is 11.6 Å². The van der Waals surface area contributed by atoms with Crippen molar-refractivity contribution in [1.29, 1.82) is 0 Å². The van der Waals surface area contributed by atoms with Crippen molar-refractivity contribution < 1.29 is 4.79 Å². The molecule has 0 unspecified atom stereocenters. The van der Waals surface area contributed by atoms with E-state index in [1.54, 1.807) is 0 Å². The highest BCUT2D eigenvalue weighted by molar-refractivity contribution is 6.34. The standard InChI is InChI=1S/C20H13ClNO/c21-17-8-4-7-16(13-5-2-1-3-6-13)20(17)14-9-10-18-15(11-14)12-19(23)22-18/h2-11H,12H2,(H,22,23). The van der Waals surface area contributed by atoms with Gasteiger partial charge in [-0.3, -0.25) is 4.79 Å². The van der Waals surface area contributed by atoms with E-state index in [0.717, 1.165) is 33.5 Å². The molecule has 0 saturated heterocycles.